The zero-order valence-electron chi connectivity index (χ0n) is 12.8. The number of ether oxygens (including phenoxy) is 1. The van der Waals surface area contributed by atoms with Crippen LogP contribution in [0.4, 0.5) is 0 Å². The lowest BCUT2D eigenvalue weighted by Gasteiger charge is -2.09. The van der Waals surface area contributed by atoms with E-state index in [0.29, 0.717) is 17.1 Å². The van der Waals surface area contributed by atoms with E-state index in [1.54, 1.807) is 22.9 Å². The highest BCUT2D eigenvalue weighted by molar-refractivity contribution is 9.10. The fourth-order valence-electron chi connectivity index (χ4n) is 2.21. The van der Waals surface area contributed by atoms with Crippen LogP contribution in [0.5, 0.6) is 5.75 Å². The van der Waals surface area contributed by atoms with E-state index >= 15 is 0 Å². The minimum atomic E-state index is -0.253. The molecule has 0 aliphatic heterocycles. The maximum atomic E-state index is 12.3. The monoisotopic (exact) mass is 387 g/mol. The molecule has 1 heterocycles. The Labute approximate surface area is 146 Å². The van der Waals surface area contributed by atoms with Crippen molar-refractivity contribution in [1.82, 2.24) is 25.5 Å². The number of amides is 1. The molecule has 0 fully saturated rings. The third kappa shape index (κ3) is 3.43. The fraction of sp³-hybridized carbons (Fsp3) is 0.125. The van der Waals surface area contributed by atoms with Crippen LogP contribution in [0, 0.1) is 0 Å². The van der Waals surface area contributed by atoms with Gasteiger partial charge in [0, 0.05) is 4.47 Å². The van der Waals surface area contributed by atoms with Crippen molar-refractivity contribution in [2.24, 2.45) is 0 Å². The summed E-state index contributed by atoms with van der Waals surface area (Å²) in [6, 6.07) is 14.6. The first-order valence-electron chi connectivity index (χ1n) is 7.13. The van der Waals surface area contributed by atoms with Gasteiger partial charge in [-0.15, -0.1) is 5.10 Å². The number of methoxy groups -OCH3 is 1. The largest absolute Gasteiger partial charge is 0.496 e. The Morgan fingerprint density at radius 2 is 2.08 bits per heavy atom. The predicted octanol–water partition coefficient (Wildman–Crippen LogP) is 2.36. The molecule has 1 N–H and O–H groups in total. The first-order chi connectivity index (χ1) is 11.7. The van der Waals surface area contributed by atoms with Gasteiger partial charge in [0.1, 0.15) is 5.75 Å². The molecule has 2 aromatic carbocycles. The molecule has 122 valence electrons. The highest BCUT2D eigenvalue weighted by atomic mass is 79.9. The molecular weight excluding hydrogens is 374 g/mol. The Balaban J connectivity index is 1.76. The zero-order valence-corrected chi connectivity index (χ0v) is 14.4. The Morgan fingerprint density at radius 1 is 1.25 bits per heavy atom. The Bertz CT molecular complexity index is 865. The molecule has 1 amide bonds. The van der Waals surface area contributed by atoms with Crippen LogP contribution in [-0.2, 0) is 6.54 Å². The van der Waals surface area contributed by atoms with Gasteiger partial charge in [0.05, 0.1) is 24.9 Å². The van der Waals surface area contributed by atoms with Crippen molar-refractivity contribution in [2.75, 3.05) is 7.11 Å². The Hall–Kier alpha value is -2.74. The van der Waals surface area contributed by atoms with E-state index in [0.717, 1.165) is 10.2 Å². The topological polar surface area (TPSA) is 81.9 Å². The Kier molecular flexibility index (Phi) is 4.85. The van der Waals surface area contributed by atoms with Crippen molar-refractivity contribution >= 4 is 21.8 Å². The molecule has 0 atom stereocenters. The van der Waals surface area contributed by atoms with Gasteiger partial charge in [0.25, 0.3) is 5.91 Å². The lowest BCUT2D eigenvalue weighted by molar-refractivity contribution is 0.0946. The molecule has 0 unspecified atom stereocenters. The number of para-hydroxylation sites is 1. The van der Waals surface area contributed by atoms with E-state index in [9.17, 15) is 4.79 Å². The summed E-state index contributed by atoms with van der Waals surface area (Å²) in [5.41, 5.74) is 1.26. The van der Waals surface area contributed by atoms with E-state index in [4.69, 9.17) is 4.74 Å². The number of halogens is 1. The summed E-state index contributed by atoms with van der Waals surface area (Å²) in [6.45, 7) is 0.191. The van der Waals surface area contributed by atoms with Crippen molar-refractivity contribution in [1.29, 1.82) is 0 Å². The van der Waals surface area contributed by atoms with Gasteiger partial charge in [-0.05, 0) is 40.8 Å². The molecule has 0 saturated heterocycles. The first-order valence-corrected chi connectivity index (χ1v) is 7.93. The van der Waals surface area contributed by atoms with Crippen molar-refractivity contribution in [2.45, 2.75) is 6.54 Å². The summed E-state index contributed by atoms with van der Waals surface area (Å²) < 4.78 is 7.69. The molecule has 24 heavy (non-hydrogen) atoms. The molecule has 0 aliphatic carbocycles. The number of carbonyl (C=O) groups excluding carboxylic acids is 1. The number of rotatable bonds is 5. The van der Waals surface area contributed by atoms with Crippen molar-refractivity contribution in [3.05, 3.63) is 64.4 Å². The summed E-state index contributed by atoms with van der Waals surface area (Å²) in [4.78, 5) is 12.3. The van der Waals surface area contributed by atoms with Crippen molar-refractivity contribution in [3.8, 4) is 11.4 Å². The van der Waals surface area contributed by atoms with E-state index in [1.165, 1.54) is 7.11 Å². The predicted molar refractivity (Wildman–Crippen MR) is 91.0 cm³/mol. The van der Waals surface area contributed by atoms with Crippen LogP contribution in [-0.4, -0.2) is 33.2 Å². The average molecular weight is 388 g/mol. The third-order valence-electron chi connectivity index (χ3n) is 3.35. The van der Waals surface area contributed by atoms with Gasteiger partial charge in [-0.1, -0.05) is 34.1 Å². The summed E-state index contributed by atoms with van der Waals surface area (Å²) in [6.07, 6.45) is 0. The Morgan fingerprint density at radius 3 is 2.88 bits per heavy atom. The smallest absolute Gasteiger partial charge is 0.255 e. The van der Waals surface area contributed by atoms with Crippen LogP contribution in [0.1, 0.15) is 16.2 Å². The van der Waals surface area contributed by atoms with Crippen LogP contribution in [0.25, 0.3) is 5.69 Å². The molecule has 3 rings (SSSR count). The highest BCUT2D eigenvalue weighted by Gasteiger charge is 2.14. The molecular formula is C16H14BrN5O2. The van der Waals surface area contributed by atoms with Gasteiger partial charge in [0.2, 0.25) is 0 Å². The number of benzene rings is 2. The number of nitrogens with zero attached hydrogens (tertiary/aromatic N) is 4. The normalized spacial score (nSPS) is 10.4. The summed E-state index contributed by atoms with van der Waals surface area (Å²) in [5, 5.41) is 14.4. The number of hydrogen-bond acceptors (Lipinski definition) is 5. The van der Waals surface area contributed by atoms with Crippen molar-refractivity contribution < 1.29 is 9.53 Å². The summed E-state index contributed by atoms with van der Waals surface area (Å²) in [7, 11) is 1.53. The second-order valence-corrected chi connectivity index (χ2v) is 5.79. The van der Waals surface area contributed by atoms with Gasteiger partial charge in [-0.25, -0.2) is 0 Å². The molecule has 0 radical (unpaired) electrons. The zero-order chi connectivity index (χ0) is 16.9. The van der Waals surface area contributed by atoms with Crippen LogP contribution < -0.4 is 10.1 Å². The minimum absolute atomic E-state index is 0.191. The molecule has 3 aromatic rings. The lowest BCUT2D eigenvalue weighted by Crippen LogP contribution is -2.25. The molecule has 0 aliphatic rings. The van der Waals surface area contributed by atoms with Crippen LogP contribution in [0.2, 0.25) is 0 Å². The molecule has 7 nitrogen and oxygen atoms in total. The number of nitrogens with one attached hydrogen (secondary N) is 1. The van der Waals surface area contributed by atoms with Crippen LogP contribution in [0.3, 0.4) is 0 Å². The molecule has 0 spiro atoms. The SMILES string of the molecule is COc1ccccc1C(=O)NCc1nnnn1-c1cccc(Br)c1. The second-order valence-electron chi connectivity index (χ2n) is 4.87. The van der Waals surface area contributed by atoms with E-state index in [1.807, 2.05) is 30.3 Å². The highest BCUT2D eigenvalue weighted by Crippen LogP contribution is 2.18. The third-order valence-corrected chi connectivity index (χ3v) is 3.84. The average Bonchev–Trinajstić information content (AvgIpc) is 3.08. The van der Waals surface area contributed by atoms with E-state index in [-0.39, 0.29) is 12.5 Å². The summed E-state index contributed by atoms with van der Waals surface area (Å²) >= 11 is 3.42. The summed E-state index contributed by atoms with van der Waals surface area (Å²) in [5.74, 6) is 0.786. The minimum Gasteiger partial charge on any atom is -0.496 e. The van der Waals surface area contributed by atoms with Gasteiger partial charge in [-0.2, -0.15) is 4.68 Å². The van der Waals surface area contributed by atoms with Crippen LogP contribution >= 0.6 is 15.9 Å². The molecule has 1 aromatic heterocycles. The first kappa shape index (κ1) is 16.1. The van der Waals surface area contributed by atoms with Gasteiger partial charge < -0.3 is 10.1 Å². The van der Waals surface area contributed by atoms with Crippen LogP contribution in [0.15, 0.2) is 53.0 Å². The molecule has 0 saturated carbocycles. The van der Waals surface area contributed by atoms with Gasteiger partial charge in [-0.3, -0.25) is 4.79 Å². The standard InChI is InChI=1S/C16H14BrN5O2/c1-24-14-8-3-2-7-13(14)16(23)18-10-15-19-20-21-22(15)12-6-4-5-11(17)9-12/h2-9H,10H2,1H3,(H,18,23). The maximum Gasteiger partial charge on any atom is 0.255 e. The quantitative estimate of drug-likeness (QED) is 0.726. The van der Waals surface area contributed by atoms with E-state index in [2.05, 4.69) is 36.8 Å². The maximum absolute atomic E-state index is 12.3. The second kappa shape index (κ2) is 7.22. The lowest BCUT2D eigenvalue weighted by atomic mass is 10.2. The van der Waals surface area contributed by atoms with Crippen molar-refractivity contribution in [3.63, 3.8) is 0 Å². The number of hydrogen-bond donors (Lipinski definition) is 1. The number of carbonyl (C=O) groups is 1. The van der Waals surface area contributed by atoms with E-state index < -0.39 is 0 Å². The van der Waals surface area contributed by atoms with Gasteiger partial charge >= 0.3 is 0 Å². The molecule has 0 bridgehead atoms. The molecule has 8 heteroatoms. The van der Waals surface area contributed by atoms with Gasteiger partial charge in [0.15, 0.2) is 5.82 Å². The number of aromatic nitrogens is 4. The fourth-order valence-corrected chi connectivity index (χ4v) is 2.60. The number of tetrazole rings is 1.